The molecule has 0 fully saturated rings. The Balaban J connectivity index is 2.86. The molecule has 1 aromatic carbocycles. The first kappa shape index (κ1) is 11.8. The molecule has 0 spiro atoms. The lowest BCUT2D eigenvalue weighted by atomic mass is 10.1. The van der Waals surface area contributed by atoms with Crippen molar-refractivity contribution >= 4 is 23.5 Å². The van der Waals surface area contributed by atoms with Gasteiger partial charge in [-0.2, -0.15) is 0 Å². The molecule has 4 heteroatoms. The molecule has 0 saturated carbocycles. The van der Waals surface area contributed by atoms with Gasteiger partial charge in [0.15, 0.2) is 5.78 Å². The standard InChI is InChI=1S/C11H12O3S/c1-14-11(13)7-9(12)8-5-3-4-6-10(8)15-2/h3-6H,7H2,1-2H3. The summed E-state index contributed by atoms with van der Waals surface area (Å²) >= 11 is 1.49. The summed E-state index contributed by atoms with van der Waals surface area (Å²) in [7, 11) is 1.27. The third kappa shape index (κ3) is 3.09. The Morgan fingerprint density at radius 3 is 2.60 bits per heavy atom. The van der Waals surface area contributed by atoms with Gasteiger partial charge in [-0.25, -0.2) is 0 Å². The Hall–Kier alpha value is -1.29. The van der Waals surface area contributed by atoms with Crippen LogP contribution in [0.1, 0.15) is 16.8 Å². The van der Waals surface area contributed by atoms with Crippen LogP contribution in [0.5, 0.6) is 0 Å². The second kappa shape index (κ2) is 5.56. The van der Waals surface area contributed by atoms with Crippen molar-refractivity contribution in [2.45, 2.75) is 11.3 Å². The fourth-order valence-corrected chi connectivity index (χ4v) is 1.79. The van der Waals surface area contributed by atoms with E-state index in [1.54, 1.807) is 12.1 Å². The Morgan fingerprint density at radius 1 is 1.33 bits per heavy atom. The van der Waals surface area contributed by atoms with Crippen molar-refractivity contribution in [3.63, 3.8) is 0 Å². The van der Waals surface area contributed by atoms with Crippen LogP contribution in [-0.2, 0) is 9.53 Å². The number of hydrogen-bond acceptors (Lipinski definition) is 4. The van der Waals surface area contributed by atoms with Crippen molar-refractivity contribution in [3.8, 4) is 0 Å². The first-order valence-corrected chi connectivity index (χ1v) is 5.64. The molecular formula is C11H12O3S. The van der Waals surface area contributed by atoms with Crippen LogP contribution in [-0.4, -0.2) is 25.1 Å². The fraction of sp³-hybridized carbons (Fsp3) is 0.273. The van der Waals surface area contributed by atoms with E-state index in [-0.39, 0.29) is 12.2 Å². The van der Waals surface area contributed by atoms with Crippen molar-refractivity contribution in [1.82, 2.24) is 0 Å². The minimum absolute atomic E-state index is 0.200. The first-order valence-electron chi connectivity index (χ1n) is 4.42. The van der Waals surface area contributed by atoms with Gasteiger partial charge in [0.05, 0.1) is 7.11 Å². The molecule has 1 aromatic rings. The quantitative estimate of drug-likeness (QED) is 0.340. The van der Waals surface area contributed by atoms with Crippen molar-refractivity contribution < 1.29 is 14.3 Å². The number of hydrogen-bond donors (Lipinski definition) is 0. The molecular weight excluding hydrogens is 212 g/mol. The molecule has 0 N–H and O–H groups in total. The highest BCUT2D eigenvalue weighted by Gasteiger charge is 2.14. The lowest BCUT2D eigenvalue weighted by molar-refractivity contribution is -0.139. The molecule has 0 atom stereocenters. The van der Waals surface area contributed by atoms with Gasteiger partial charge in [-0.3, -0.25) is 9.59 Å². The first-order chi connectivity index (χ1) is 7.19. The number of esters is 1. The molecule has 0 amide bonds. The van der Waals surface area contributed by atoms with Crippen molar-refractivity contribution in [3.05, 3.63) is 29.8 Å². The minimum atomic E-state index is -0.504. The Kier molecular flexibility index (Phi) is 4.37. The van der Waals surface area contributed by atoms with Gasteiger partial charge in [0.25, 0.3) is 0 Å². The van der Waals surface area contributed by atoms with Crippen LogP contribution in [0.4, 0.5) is 0 Å². The van der Waals surface area contributed by atoms with Gasteiger partial charge in [0.2, 0.25) is 0 Å². The largest absolute Gasteiger partial charge is 0.469 e. The molecule has 0 bridgehead atoms. The number of Topliss-reactive ketones (excluding diaryl/α,β-unsaturated/α-hetero) is 1. The van der Waals surface area contributed by atoms with E-state index >= 15 is 0 Å². The van der Waals surface area contributed by atoms with E-state index in [0.717, 1.165) is 4.90 Å². The Labute approximate surface area is 92.8 Å². The number of methoxy groups -OCH3 is 1. The van der Waals surface area contributed by atoms with Crippen LogP contribution in [0.2, 0.25) is 0 Å². The lowest BCUT2D eigenvalue weighted by Gasteiger charge is -2.04. The van der Waals surface area contributed by atoms with Crippen molar-refractivity contribution in [2.75, 3.05) is 13.4 Å². The van der Waals surface area contributed by atoms with E-state index < -0.39 is 5.97 Å². The number of carbonyl (C=O) groups excluding carboxylic acids is 2. The zero-order valence-corrected chi connectivity index (χ0v) is 9.47. The zero-order valence-electron chi connectivity index (χ0n) is 8.65. The number of rotatable bonds is 4. The molecule has 15 heavy (non-hydrogen) atoms. The minimum Gasteiger partial charge on any atom is -0.469 e. The number of carbonyl (C=O) groups is 2. The summed E-state index contributed by atoms with van der Waals surface area (Å²) in [5.74, 6) is -0.706. The molecule has 0 saturated heterocycles. The summed E-state index contributed by atoms with van der Waals surface area (Å²) in [5.41, 5.74) is 0.579. The van der Waals surface area contributed by atoms with Gasteiger partial charge >= 0.3 is 5.97 Å². The van der Waals surface area contributed by atoms with E-state index in [1.165, 1.54) is 18.9 Å². The monoisotopic (exact) mass is 224 g/mol. The average Bonchev–Trinajstić information content (AvgIpc) is 2.28. The molecule has 0 aliphatic rings. The molecule has 0 aliphatic heterocycles. The van der Waals surface area contributed by atoms with E-state index in [2.05, 4.69) is 4.74 Å². The Morgan fingerprint density at radius 2 is 2.00 bits per heavy atom. The third-order valence-electron chi connectivity index (χ3n) is 1.94. The number of ether oxygens (including phenoxy) is 1. The predicted molar refractivity (Wildman–Crippen MR) is 59.2 cm³/mol. The van der Waals surface area contributed by atoms with Crippen molar-refractivity contribution in [2.24, 2.45) is 0 Å². The van der Waals surface area contributed by atoms with Gasteiger partial charge in [0, 0.05) is 10.5 Å². The molecule has 80 valence electrons. The summed E-state index contributed by atoms with van der Waals surface area (Å²) in [6.07, 6.45) is 1.69. The van der Waals surface area contributed by atoms with Crippen LogP contribution >= 0.6 is 11.8 Å². The highest BCUT2D eigenvalue weighted by atomic mass is 32.2. The molecule has 3 nitrogen and oxygen atoms in total. The number of benzene rings is 1. The summed E-state index contributed by atoms with van der Waals surface area (Å²) < 4.78 is 4.45. The molecule has 0 aliphatic carbocycles. The van der Waals surface area contributed by atoms with Gasteiger partial charge < -0.3 is 4.74 Å². The zero-order chi connectivity index (χ0) is 11.3. The van der Waals surface area contributed by atoms with Gasteiger partial charge in [-0.15, -0.1) is 11.8 Å². The second-order valence-electron chi connectivity index (χ2n) is 2.88. The SMILES string of the molecule is COC(=O)CC(=O)c1ccccc1SC. The predicted octanol–water partition coefficient (Wildman–Crippen LogP) is 2.15. The maximum absolute atomic E-state index is 11.7. The second-order valence-corrected chi connectivity index (χ2v) is 3.72. The van der Waals surface area contributed by atoms with Gasteiger partial charge in [-0.1, -0.05) is 18.2 Å². The summed E-state index contributed by atoms with van der Waals surface area (Å²) in [5, 5.41) is 0. The topological polar surface area (TPSA) is 43.4 Å². The van der Waals surface area contributed by atoms with E-state index in [0.29, 0.717) is 5.56 Å². The summed E-state index contributed by atoms with van der Waals surface area (Å²) in [6, 6.07) is 7.22. The highest BCUT2D eigenvalue weighted by Crippen LogP contribution is 2.21. The smallest absolute Gasteiger partial charge is 0.313 e. The van der Waals surface area contributed by atoms with E-state index in [4.69, 9.17) is 0 Å². The van der Waals surface area contributed by atoms with E-state index in [1.807, 2.05) is 18.4 Å². The van der Waals surface area contributed by atoms with Gasteiger partial charge in [-0.05, 0) is 12.3 Å². The fourth-order valence-electron chi connectivity index (χ4n) is 1.17. The molecule has 1 rings (SSSR count). The number of thioether (sulfide) groups is 1. The summed E-state index contributed by atoms with van der Waals surface area (Å²) in [6.45, 7) is 0. The normalized spacial score (nSPS) is 9.73. The maximum atomic E-state index is 11.7. The maximum Gasteiger partial charge on any atom is 0.313 e. The molecule has 0 unspecified atom stereocenters. The highest BCUT2D eigenvalue weighted by molar-refractivity contribution is 7.98. The van der Waals surface area contributed by atoms with Crippen LogP contribution in [0, 0.1) is 0 Å². The van der Waals surface area contributed by atoms with Gasteiger partial charge in [0.1, 0.15) is 6.42 Å². The molecule has 0 heterocycles. The van der Waals surface area contributed by atoms with Crippen LogP contribution in [0.15, 0.2) is 29.2 Å². The molecule has 0 aromatic heterocycles. The van der Waals surface area contributed by atoms with E-state index in [9.17, 15) is 9.59 Å². The third-order valence-corrected chi connectivity index (χ3v) is 2.74. The van der Waals surface area contributed by atoms with Crippen LogP contribution < -0.4 is 0 Å². The lowest BCUT2D eigenvalue weighted by Crippen LogP contribution is -2.10. The average molecular weight is 224 g/mol. The van der Waals surface area contributed by atoms with Crippen LogP contribution in [0.3, 0.4) is 0 Å². The number of ketones is 1. The Bertz CT molecular complexity index is 374. The van der Waals surface area contributed by atoms with Crippen molar-refractivity contribution in [1.29, 1.82) is 0 Å². The molecule has 0 radical (unpaired) electrons. The summed E-state index contributed by atoms with van der Waals surface area (Å²) in [4.78, 5) is 23.5. The van der Waals surface area contributed by atoms with Crippen LogP contribution in [0.25, 0.3) is 0 Å².